The maximum Gasteiger partial charge on any atom is 0.124 e. The molecule has 0 radical (unpaired) electrons. The van der Waals surface area contributed by atoms with Crippen LogP contribution in [0.1, 0.15) is 11.1 Å². The fourth-order valence-electron chi connectivity index (χ4n) is 1.68. The van der Waals surface area contributed by atoms with E-state index in [1.807, 2.05) is 37.5 Å². The Bertz CT molecular complexity index is 517. The van der Waals surface area contributed by atoms with Crippen molar-refractivity contribution in [1.82, 2.24) is 10.3 Å². The van der Waals surface area contributed by atoms with E-state index in [0.717, 1.165) is 27.9 Å². The minimum atomic E-state index is 0.521. The summed E-state index contributed by atoms with van der Waals surface area (Å²) >= 11 is 3.40. The van der Waals surface area contributed by atoms with Crippen molar-refractivity contribution in [2.75, 3.05) is 7.05 Å². The molecule has 0 atom stereocenters. The highest BCUT2D eigenvalue weighted by molar-refractivity contribution is 9.10. The number of nitrogens with one attached hydrogen (secondary N) is 1. The predicted octanol–water partition coefficient (Wildman–Crippen LogP) is 3.14. The molecule has 0 spiro atoms. The first-order valence-corrected chi connectivity index (χ1v) is 6.53. The Morgan fingerprint density at radius 2 is 2.11 bits per heavy atom. The number of para-hydroxylation sites is 1. The minimum Gasteiger partial charge on any atom is -0.489 e. The molecule has 1 N–H and O–H groups in total. The van der Waals surface area contributed by atoms with E-state index < -0.39 is 0 Å². The zero-order valence-electron chi connectivity index (χ0n) is 10.2. The first-order chi connectivity index (χ1) is 8.79. The number of halogens is 1. The lowest BCUT2D eigenvalue weighted by molar-refractivity contribution is 0.302. The number of nitrogens with zero attached hydrogens (tertiary/aromatic N) is 1. The molecule has 0 saturated carbocycles. The van der Waals surface area contributed by atoms with Gasteiger partial charge in [0.1, 0.15) is 12.4 Å². The van der Waals surface area contributed by atoms with Gasteiger partial charge in [-0.05, 0) is 35.1 Å². The van der Waals surface area contributed by atoms with E-state index in [0.29, 0.717) is 6.61 Å². The second-order valence-corrected chi connectivity index (χ2v) is 4.85. The lowest BCUT2D eigenvalue weighted by atomic mass is 10.2. The van der Waals surface area contributed by atoms with Gasteiger partial charge in [-0.2, -0.15) is 0 Å². The van der Waals surface area contributed by atoms with Crippen LogP contribution in [0.5, 0.6) is 5.75 Å². The third-order valence-corrected chi connectivity index (χ3v) is 2.93. The summed E-state index contributed by atoms with van der Waals surface area (Å²) in [5.41, 5.74) is 2.20. The van der Waals surface area contributed by atoms with Gasteiger partial charge < -0.3 is 10.1 Å². The number of hydrogen-bond donors (Lipinski definition) is 1. The van der Waals surface area contributed by atoms with Gasteiger partial charge in [0.05, 0.1) is 0 Å². The molecule has 18 heavy (non-hydrogen) atoms. The molecule has 1 aromatic heterocycles. The summed E-state index contributed by atoms with van der Waals surface area (Å²) in [6.45, 7) is 1.32. The lowest BCUT2D eigenvalue weighted by Gasteiger charge is -2.11. The molecule has 1 heterocycles. The zero-order valence-corrected chi connectivity index (χ0v) is 11.8. The van der Waals surface area contributed by atoms with E-state index in [1.54, 1.807) is 6.20 Å². The molecular weight excluding hydrogens is 292 g/mol. The molecule has 0 fully saturated rings. The third kappa shape index (κ3) is 3.55. The highest BCUT2D eigenvalue weighted by Gasteiger charge is 2.02. The largest absolute Gasteiger partial charge is 0.489 e. The van der Waals surface area contributed by atoms with Crippen molar-refractivity contribution in [3.8, 4) is 5.75 Å². The molecule has 0 aliphatic rings. The standard InChI is InChI=1S/C14H15BrN2O/c1-16-8-12-4-2-3-5-14(12)18-10-11-6-13(15)9-17-7-11/h2-7,9,16H,8,10H2,1H3. The highest BCUT2D eigenvalue weighted by atomic mass is 79.9. The van der Waals surface area contributed by atoms with Crippen LogP contribution in [0.4, 0.5) is 0 Å². The number of pyridine rings is 1. The average Bonchev–Trinajstić information content (AvgIpc) is 2.38. The van der Waals surface area contributed by atoms with Crippen LogP contribution in [0.3, 0.4) is 0 Å². The Balaban J connectivity index is 2.06. The van der Waals surface area contributed by atoms with Gasteiger partial charge in [0, 0.05) is 34.5 Å². The first kappa shape index (κ1) is 13.1. The first-order valence-electron chi connectivity index (χ1n) is 5.74. The van der Waals surface area contributed by atoms with Gasteiger partial charge in [-0.3, -0.25) is 4.98 Å². The second kappa shape index (κ2) is 6.52. The van der Waals surface area contributed by atoms with Crippen molar-refractivity contribution in [1.29, 1.82) is 0 Å². The maximum absolute atomic E-state index is 5.83. The molecule has 0 unspecified atom stereocenters. The molecule has 2 rings (SSSR count). The van der Waals surface area contributed by atoms with Crippen LogP contribution in [0.15, 0.2) is 47.2 Å². The van der Waals surface area contributed by atoms with Gasteiger partial charge in [-0.25, -0.2) is 0 Å². The summed E-state index contributed by atoms with van der Waals surface area (Å²) in [7, 11) is 1.93. The Kier molecular flexibility index (Phi) is 4.73. The molecular formula is C14H15BrN2O. The minimum absolute atomic E-state index is 0.521. The van der Waals surface area contributed by atoms with Gasteiger partial charge in [0.15, 0.2) is 0 Å². The normalized spacial score (nSPS) is 10.3. The molecule has 94 valence electrons. The van der Waals surface area contributed by atoms with Gasteiger partial charge in [0.2, 0.25) is 0 Å². The highest BCUT2D eigenvalue weighted by Crippen LogP contribution is 2.19. The molecule has 0 aliphatic heterocycles. The molecule has 0 amide bonds. The monoisotopic (exact) mass is 306 g/mol. The van der Waals surface area contributed by atoms with Crippen LogP contribution in [-0.2, 0) is 13.2 Å². The summed E-state index contributed by atoms with van der Waals surface area (Å²) in [4.78, 5) is 4.12. The summed E-state index contributed by atoms with van der Waals surface area (Å²) in [6.07, 6.45) is 3.57. The summed E-state index contributed by atoms with van der Waals surface area (Å²) in [6, 6.07) is 10.0. The molecule has 0 aliphatic carbocycles. The summed E-state index contributed by atoms with van der Waals surface area (Å²) in [5.74, 6) is 0.909. The van der Waals surface area contributed by atoms with Crippen LogP contribution in [0, 0.1) is 0 Å². The van der Waals surface area contributed by atoms with E-state index in [1.165, 1.54) is 0 Å². The Labute approximate surface area is 115 Å². The molecule has 3 nitrogen and oxygen atoms in total. The third-order valence-electron chi connectivity index (χ3n) is 2.50. The Morgan fingerprint density at radius 1 is 1.28 bits per heavy atom. The van der Waals surface area contributed by atoms with Crippen LogP contribution >= 0.6 is 15.9 Å². The number of rotatable bonds is 5. The number of hydrogen-bond acceptors (Lipinski definition) is 3. The predicted molar refractivity (Wildman–Crippen MR) is 75.5 cm³/mol. The number of ether oxygens (including phenoxy) is 1. The SMILES string of the molecule is CNCc1ccccc1OCc1cncc(Br)c1. The smallest absolute Gasteiger partial charge is 0.124 e. The number of benzene rings is 1. The van der Waals surface area contributed by atoms with Crippen LogP contribution in [0.25, 0.3) is 0 Å². The fourth-order valence-corrected chi connectivity index (χ4v) is 2.09. The summed E-state index contributed by atoms with van der Waals surface area (Å²) in [5, 5.41) is 3.13. The molecule has 2 aromatic rings. The maximum atomic E-state index is 5.83. The lowest BCUT2D eigenvalue weighted by Crippen LogP contribution is -2.07. The van der Waals surface area contributed by atoms with Crippen molar-refractivity contribution in [3.63, 3.8) is 0 Å². The summed E-state index contributed by atoms with van der Waals surface area (Å²) < 4.78 is 6.79. The van der Waals surface area contributed by atoms with E-state index >= 15 is 0 Å². The Morgan fingerprint density at radius 3 is 2.89 bits per heavy atom. The second-order valence-electron chi connectivity index (χ2n) is 3.94. The van der Waals surface area contributed by atoms with E-state index in [2.05, 4.69) is 32.3 Å². The molecule has 4 heteroatoms. The molecule has 0 saturated heterocycles. The van der Waals surface area contributed by atoms with E-state index in [4.69, 9.17) is 4.74 Å². The quantitative estimate of drug-likeness (QED) is 0.921. The van der Waals surface area contributed by atoms with Crippen molar-refractivity contribution in [2.24, 2.45) is 0 Å². The number of aromatic nitrogens is 1. The van der Waals surface area contributed by atoms with E-state index in [-0.39, 0.29) is 0 Å². The van der Waals surface area contributed by atoms with E-state index in [9.17, 15) is 0 Å². The van der Waals surface area contributed by atoms with Crippen LogP contribution < -0.4 is 10.1 Å². The van der Waals surface area contributed by atoms with Crippen LogP contribution in [0.2, 0.25) is 0 Å². The molecule has 1 aromatic carbocycles. The fraction of sp³-hybridized carbons (Fsp3) is 0.214. The zero-order chi connectivity index (χ0) is 12.8. The van der Waals surface area contributed by atoms with Crippen LogP contribution in [-0.4, -0.2) is 12.0 Å². The van der Waals surface area contributed by atoms with Gasteiger partial charge in [0.25, 0.3) is 0 Å². The van der Waals surface area contributed by atoms with Gasteiger partial charge in [-0.1, -0.05) is 18.2 Å². The Hall–Kier alpha value is -1.39. The van der Waals surface area contributed by atoms with Gasteiger partial charge >= 0.3 is 0 Å². The van der Waals surface area contributed by atoms with Crippen molar-refractivity contribution >= 4 is 15.9 Å². The van der Waals surface area contributed by atoms with Crippen molar-refractivity contribution < 1.29 is 4.74 Å². The van der Waals surface area contributed by atoms with Crippen molar-refractivity contribution in [2.45, 2.75) is 13.2 Å². The topological polar surface area (TPSA) is 34.1 Å². The molecule has 0 bridgehead atoms. The van der Waals surface area contributed by atoms with Crippen molar-refractivity contribution in [3.05, 3.63) is 58.3 Å². The average molecular weight is 307 g/mol. The van der Waals surface area contributed by atoms with Gasteiger partial charge in [-0.15, -0.1) is 0 Å².